The molecule has 3 unspecified atom stereocenters. The number of carbonyl (C=O) groups excluding carboxylic acids is 2. The Morgan fingerprint density at radius 2 is 2.10 bits per heavy atom. The fourth-order valence-corrected chi connectivity index (χ4v) is 3.18. The van der Waals surface area contributed by atoms with Crippen molar-refractivity contribution < 1.29 is 19.5 Å². The molecular formula is C14H23N3O4. The van der Waals surface area contributed by atoms with Crippen molar-refractivity contribution in [2.45, 2.75) is 44.7 Å². The Bertz CT molecular complexity index is 440. The molecule has 21 heavy (non-hydrogen) atoms. The molecule has 3 atom stereocenters. The van der Waals surface area contributed by atoms with Crippen LogP contribution in [0.25, 0.3) is 0 Å². The van der Waals surface area contributed by atoms with Crippen molar-refractivity contribution in [2.75, 3.05) is 20.1 Å². The number of hydrogen-bond acceptors (Lipinski definition) is 3. The van der Waals surface area contributed by atoms with Gasteiger partial charge in [-0.2, -0.15) is 0 Å². The summed E-state index contributed by atoms with van der Waals surface area (Å²) in [4.78, 5) is 38.1. The van der Waals surface area contributed by atoms with E-state index in [0.29, 0.717) is 5.92 Å². The molecule has 1 heterocycles. The number of hydrogen-bond donors (Lipinski definition) is 2. The Hall–Kier alpha value is -1.79. The molecule has 1 saturated carbocycles. The van der Waals surface area contributed by atoms with E-state index in [1.165, 1.54) is 11.3 Å². The van der Waals surface area contributed by atoms with Crippen molar-refractivity contribution in [1.29, 1.82) is 0 Å². The van der Waals surface area contributed by atoms with Crippen LogP contribution in [0.1, 0.15) is 32.6 Å². The molecule has 0 radical (unpaired) electrons. The predicted molar refractivity (Wildman–Crippen MR) is 75.7 cm³/mol. The maximum Gasteiger partial charge on any atom is 0.328 e. The first kappa shape index (κ1) is 15.6. The number of carbonyl (C=O) groups is 3. The van der Waals surface area contributed by atoms with Gasteiger partial charge in [-0.3, -0.25) is 9.69 Å². The van der Waals surface area contributed by atoms with E-state index in [4.69, 9.17) is 0 Å². The molecule has 0 bridgehead atoms. The highest BCUT2D eigenvalue weighted by Gasteiger charge is 2.38. The summed E-state index contributed by atoms with van der Waals surface area (Å²) < 4.78 is 0. The minimum atomic E-state index is -1.09. The van der Waals surface area contributed by atoms with Gasteiger partial charge in [-0.25, -0.2) is 9.59 Å². The molecule has 2 fully saturated rings. The number of amides is 3. The fourth-order valence-electron chi connectivity index (χ4n) is 3.18. The quantitative estimate of drug-likeness (QED) is 0.776. The standard InChI is InChI=1S/C14H23N3O4/c1-9-4-3-5-10(6-9)16(2)14(21)17-8-12(18)15-7-11(17)13(19)20/h9-11H,3-8H2,1-2H3,(H,15,18)(H,19,20). The van der Waals surface area contributed by atoms with Crippen LogP contribution in [0.2, 0.25) is 0 Å². The van der Waals surface area contributed by atoms with Gasteiger partial charge in [0.25, 0.3) is 0 Å². The second kappa shape index (κ2) is 6.32. The van der Waals surface area contributed by atoms with E-state index in [-0.39, 0.29) is 31.1 Å². The van der Waals surface area contributed by atoms with Crippen molar-refractivity contribution in [3.63, 3.8) is 0 Å². The summed E-state index contributed by atoms with van der Waals surface area (Å²) in [7, 11) is 1.70. The average molecular weight is 297 g/mol. The number of nitrogens with one attached hydrogen (secondary N) is 1. The molecule has 118 valence electrons. The minimum Gasteiger partial charge on any atom is -0.480 e. The number of rotatable bonds is 2. The summed E-state index contributed by atoms with van der Waals surface area (Å²) in [6.07, 6.45) is 4.11. The molecule has 7 heteroatoms. The van der Waals surface area contributed by atoms with Crippen LogP contribution in [0.15, 0.2) is 0 Å². The molecular weight excluding hydrogens is 274 g/mol. The third kappa shape index (κ3) is 3.46. The maximum atomic E-state index is 12.6. The van der Waals surface area contributed by atoms with E-state index in [1.807, 2.05) is 0 Å². The molecule has 2 rings (SSSR count). The number of urea groups is 1. The Morgan fingerprint density at radius 1 is 1.38 bits per heavy atom. The summed E-state index contributed by atoms with van der Waals surface area (Å²) in [5.41, 5.74) is 0. The van der Waals surface area contributed by atoms with Gasteiger partial charge in [0.05, 0.1) is 0 Å². The van der Waals surface area contributed by atoms with Gasteiger partial charge in [0.1, 0.15) is 12.6 Å². The van der Waals surface area contributed by atoms with Crippen LogP contribution in [-0.4, -0.2) is 65.0 Å². The zero-order chi connectivity index (χ0) is 15.6. The summed E-state index contributed by atoms with van der Waals surface area (Å²) in [5, 5.41) is 11.7. The Morgan fingerprint density at radius 3 is 2.71 bits per heavy atom. The van der Waals surface area contributed by atoms with Crippen molar-refractivity contribution in [1.82, 2.24) is 15.1 Å². The summed E-state index contributed by atoms with van der Waals surface area (Å²) >= 11 is 0. The van der Waals surface area contributed by atoms with E-state index in [2.05, 4.69) is 12.2 Å². The largest absolute Gasteiger partial charge is 0.480 e. The lowest BCUT2D eigenvalue weighted by Gasteiger charge is -2.40. The Balaban J connectivity index is 2.08. The smallest absolute Gasteiger partial charge is 0.328 e. The lowest BCUT2D eigenvalue weighted by molar-refractivity contribution is -0.144. The van der Waals surface area contributed by atoms with Gasteiger partial charge in [0, 0.05) is 19.6 Å². The number of nitrogens with zero attached hydrogens (tertiary/aromatic N) is 2. The molecule has 2 aliphatic rings. The lowest BCUT2D eigenvalue weighted by Crippen LogP contribution is -2.62. The molecule has 0 aromatic rings. The second-order valence-electron chi connectivity index (χ2n) is 6.11. The van der Waals surface area contributed by atoms with Crippen molar-refractivity contribution in [3.05, 3.63) is 0 Å². The average Bonchev–Trinajstić information content (AvgIpc) is 2.45. The topological polar surface area (TPSA) is 90.0 Å². The number of carboxylic acid groups (broad SMARTS) is 1. The first-order valence-corrected chi connectivity index (χ1v) is 7.43. The molecule has 1 aliphatic carbocycles. The van der Waals surface area contributed by atoms with Crippen LogP contribution in [0.4, 0.5) is 4.79 Å². The monoisotopic (exact) mass is 297 g/mol. The zero-order valence-electron chi connectivity index (χ0n) is 12.5. The molecule has 1 aliphatic heterocycles. The first-order valence-electron chi connectivity index (χ1n) is 7.43. The third-order valence-electron chi connectivity index (χ3n) is 4.47. The minimum absolute atomic E-state index is 0.0329. The Kier molecular flexibility index (Phi) is 4.69. The van der Waals surface area contributed by atoms with Gasteiger partial charge in [0.15, 0.2) is 0 Å². The van der Waals surface area contributed by atoms with E-state index >= 15 is 0 Å². The van der Waals surface area contributed by atoms with Gasteiger partial charge in [-0.15, -0.1) is 0 Å². The molecule has 3 amide bonds. The SMILES string of the molecule is CC1CCCC(N(C)C(=O)N2CC(=O)NCC2C(=O)O)C1. The van der Waals surface area contributed by atoms with Gasteiger partial charge in [-0.1, -0.05) is 19.8 Å². The van der Waals surface area contributed by atoms with E-state index in [9.17, 15) is 19.5 Å². The van der Waals surface area contributed by atoms with Crippen molar-refractivity contribution in [3.8, 4) is 0 Å². The molecule has 7 nitrogen and oxygen atoms in total. The van der Waals surface area contributed by atoms with E-state index in [1.54, 1.807) is 11.9 Å². The highest BCUT2D eigenvalue weighted by Crippen LogP contribution is 2.27. The summed E-state index contributed by atoms with van der Waals surface area (Å²) in [5.74, 6) is -0.834. The Labute approximate surface area is 124 Å². The van der Waals surface area contributed by atoms with E-state index in [0.717, 1.165) is 19.3 Å². The lowest BCUT2D eigenvalue weighted by atomic mass is 9.86. The first-order chi connectivity index (χ1) is 9.90. The van der Waals surface area contributed by atoms with Gasteiger partial charge >= 0.3 is 12.0 Å². The molecule has 0 aromatic heterocycles. The van der Waals surface area contributed by atoms with Crippen LogP contribution < -0.4 is 5.32 Å². The normalized spacial score (nSPS) is 29.7. The zero-order valence-corrected chi connectivity index (χ0v) is 12.5. The van der Waals surface area contributed by atoms with Gasteiger partial charge in [-0.05, 0) is 18.8 Å². The van der Waals surface area contributed by atoms with Crippen molar-refractivity contribution in [2.24, 2.45) is 5.92 Å². The van der Waals surface area contributed by atoms with E-state index < -0.39 is 12.0 Å². The third-order valence-corrected chi connectivity index (χ3v) is 4.47. The molecule has 1 saturated heterocycles. The van der Waals surface area contributed by atoms with Crippen LogP contribution in [-0.2, 0) is 9.59 Å². The molecule has 2 N–H and O–H groups in total. The molecule has 0 spiro atoms. The highest BCUT2D eigenvalue weighted by atomic mass is 16.4. The van der Waals surface area contributed by atoms with Crippen LogP contribution in [0.3, 0.4) is 0 Å². The fraction of sp³-hybridized carbons (Fsp3) is 0.786. The number of aliphatic carboxylic acids is 1. The number of piperazine rings is 1. The van der Waals surface area contributed by atoms with Crippen molar-refractivity contribution >= 4 is 17.9 Å². The molecule has 0 aromatic carbocycles. The summed E-state index contributed by atoms with van der Waals surface area (Å²) in [6.45, 7) is 1.94. The van der Waals surface area contributed by atoms with Crippen LogP contribution in [0, 0.1) is 5.92 Å². The van der Waals surface area contributed by atoms with Gasteiger partial charge in [0.2, 0.25) is 5.91 Å². The predicted octanol–water partition coefficient (Wildman–Crippen LogP) is 0.502. The maximum absolute atomic E-state index is 12.6. The summed E-state index contributed by atoms with van der Waals surface area (Å²) in [6, 6.07) is -1.23. The number of carboxylic acids is 1. The van der Waals surface area contributed by atoms with Crippen LogP contribution in [0.5, 0.6) is 0 Å². The second-order valence-corrected chi connectivity index (χ2v) is 6.11. The highest BCUT2D eigenvalue weighted by molar-refractivity contribution is 5.90. The van der Waals surface area contributed by atoms with Gasteiger partial charge < -0.3 is 15.3 Å². The van der Waals surface area contributed by atoms with Crippen LogP contribution >= 0.6 is 0 Å².